The van der Waals surface area contributed by atoms with Gasteiger partial charge in [0.2, 0.25) is 5.88 Å². The van der Waals surface area contributed by atoms with Crippen molar-refractivity contribution in [2.75, 3.05) is 5.06 Å². The van der Waals surface area contributed by atoms with E-state index in [1.807, 2.05) is 0 Å². The van der Waals surface area contributed by atoms with E-state index in [2.05, 4.69) is 0 Å². The van der Waals surface area contributed by atoms with Crippen LogP contribution in [0.2, 0.25) is 0 Å². The van der Waals surface area contributed by atoms with Gasteiger partial charge in [-0.15, -0.1) is 5.06 Å². The fourth-order valence-corrected chi connectivity index (χ4v) is 1.48. The van der Waals surface area contributed by atoms with Gasteiger partial charge in [-0.05, 0) is 18.2 Å². The molecular weight excluding hydrogens is 212 g/mol. The first-order valence-corrected chi connectivity index (χ1v) is 4.66. The molecule has 0 spiro atoms. The minimum atomic E-state index is -0.456. The molecule has 0 radical (unpaired) electrons. The van der Waals surface area contributed by atoms with Crippen LogP contribution < -0.4 is 10.3 Å². The largest absolute Gasteiger partial charge is 0.593 e. The van der Waals surface area contributed by atoms with Crippen molar-refractivity contribution >= 4 is 11.6 Å². The van der Waals surface area contributed by atoms with E-state index in [-0.39, 0.29) is 0 Å². The van der Waals surface area contributed by atoms with Gasteiger partial charge < -0.3 is 14.0 Å². The average Bonchev–Trinajstić information content (AvgIpc) is 2.98. The highest BCUT2D eigenvalue weighted by Gasteiger charge is 2.30. The lowest BCUT2D eigenvalue weighted by Crippen LogP contribution is -3.00. The Morgan fingerprint density at radius 1 is 1.12 bits per heavy atom. The molecule has 6 heteroatoms. The van der Waals surface area contributed by atoms with Crippen LogP contribution in [0.4, 0.5) is 5.88 Å². The molecular formula is C10H8N2O4. The summed E-state index contributed by atoms with van der Waals surface area (Å²) in [5.41, 5.74) is 0.518. The van der Waals surface area contributed by atoms with Crippen LogP contribution in [0.25, 0.3) is 5.70 Å². The summed E-state index contributed by atoms with van der Waals surface area (Å²) in [4.78, 5) is 4.99. The van der Waals surface area contributed by atoms with Gasteiger partial charge in [0.1, 0.15) is 0 Å². The minimum Gasteiger partial charge on any atom is -0.593 e. The molecule has 0 aliphatic carbocycles. The normalized spacial score (nSPS) is 20.2. The van der Waals surface area contributed by atoms with Crippen molar-refractivity contribution in [2.24, 2.45) is 0 Å². The molecule has 1 aliphatic heterocycles. The maximum absolute atomic E-state index is 11.2. The zero-order chi connectivity index (χ0) is 11.0. The van der Waals surface area contributed by atoms with Gasteiger partial charge >= 0.3 is 0 Å². The van der Waals surface area contributed by atoms with E-state index < -0.39 is 5.23 Å². The molecule has 3 rings (SSSR count). The molecule has 2 aromatic rings. The third-order valence-electron chi connectivity index (χ3n) is 2.13. The second-order valence-corrected chi connectivity index (χ2v) is 3.16. The summed E-state index contributed by atoms with van der Waals surface area (Å²) in [5.74, 6) is 0.968. The summed E-state index contributed by atoms with van der Waals surface area (Å²) in [6.07, 6.45) is 4.38. The van der Waals surface area contributed by atoms with Crippen molar-refractivity contribution in [3.63, 3.8) is 0 Å². The van der Waals surface area contributed by atoms with E-state index in [4.69, 9.17) is 13.8 Å². The number of quaternary nitrogens is 1. The molecule has 0 fully saturated rings. The molecule has 0 aromatic carbocycles. The van der Waals surface area contributed by atoms with Gasteiger partial charge in [0, 0.05) is 6.07 Å². The molecule has 1 unspecified atom stereocenters. The van der Waals surface area contributed by atoms with Crippen LogP contribution in [0, 0.1) is 5.21 Å². The molecule has 82 valence electrons. The predicted octanol–water partition coefficient (Wildman–Crippen LogP) is 0.921. The van der Waals surface area contributed by atoms with Gasteiger partial charge in [-0.25, -0.2) is 0 Å². The van der Waals surface area contributed by atoms with Gasteiger partial charge in [0.05, 0.1) is 12.5 Å². The molecule has 6 nitrogen and oxygen atoms in total. The average molecular weight is 220 g/mol. The monoisotopic (exact) mass is 220 g/mol. The maximum Gasteiger partial charge on any atom is 0.229 e. The van der Waals surface area contributed by atoms with Crippen LogP contribution in [0.3, 0.4) is 0 Å². The molecule has 1 aliphatic rings. The molecule has 0 saturated heterocycles. The number of anilines is 1. The Kier molecular flexibility index (Phi) is 2.03. The number of hydrogen-bond donors (Lipinski definition) is 1. The standard InChI is InChI=1S/C10H8N2O4/c13-11-7-8(9-3-1-5-14-9)12(16-11)10-4-2-6-15-10/h1-7,11H. The Morgan fingerprint density at radius 2 is 1.94 bits per heavy atom. The van der Waals surface area contributed by atoms with Gasteiger partial charge in [-0.3, -0.25) is 0 Å². The first-order chi connectivity index (χ1) is 7.84. The number of nitrogens with zero attached hydrogens (tertiary/aromatic N) is 1. The summed E-state index contributed by atoms with van der Waals surface area (Å²) in [6, 6.07) is 6.87. The van der Waals surface area contributed by atoms with Gasteiger partial charge in [-0.2, -0.15) is 5.23 Å². The van der Waals surface area contributed by atoms with Crippen molar-refractivity contribution < 1.29 is 19.0 Å². The first kappa shape index (κ1) is 9.22. The van der Waals surface area contributed by atoms with Crippen molar-refractivity contribution in [3.05, 3.63) is 54.0 Å². The number of rotatable bonds is 2. The van der Waals surface area contributed by atoms with Crippen LogP contribution in [-0.2, 0) is 4.94 Å². The topological polar surface area (TPSA) is 66.2 Å². The summed E-state index contributed by atoms with van der Waals surface area (Å²) < 4.78 is 10.4. The lowest BCUT2D eigenvalue weighted by atomic mass is 10.3. The second-order valence-electron chi connectivity index (χ2n) is 3.16. The number of furan rings is 2. The maximum atomic E-state index is 11.2. The minimum absolute atomic E-state index is 0.425. The Bertz CT molecular complexity index is 489. The van der Waals surface area contributed by atoms with Gasteiger partial charge in [-0.1, -0.05) is 4.94 Å². The Labute approximate surface area is 90.4 Å². The zero-order valence-corrected chi connectivity index (χ0v) is 8.12. The highest BCUT2D eigenvalue weighted by Crippen LogP contribution is 2.27. The molecule has 1 atom stereocenters. The fourth-order valence-electron chi connectivity index (χ4n) is 1.48. The first-order valence-electron chi connectivity index (χ1n) is 4.66. The molecule has 16 heavy (non-hydrogen) atoms. The Hall–Kier alpha value is -2.02. The quantitative estimate of drug-likeness (QED) is 0.762. The van der Waals surface area contributed by atoms with E-state index in [9.17, 15) is 5.21 Å². The van der Waals surface area contributed by atoms with Crippen LogP contribution in [0.5, 0.6) is 0 Å². The Balaban J connectivity index is 1.99. The van der Waals surface area contributed by atoms with Crippen molar-refractivity contribution in [3.8, 4) is 0 Å². The summed E-state index contributed by atoms with van der Waals surface area (Å²) >= 11 is 0. The van der Waals surface area contributed by atoms with Gasteiger partial charge in [0.25, 0.3) is 0 Å². The fraction of sp³-hybridized carbons (Fsp3) is 0. The van der Waals surface area contributed by atoms with E-state index in [1.54, 1.807) is 24.3 Å². The highest BCUT2D eigenvalue weighted by atomic mass is 17.0. The third-order valence-corrected chi connectivity index (χ3v) is 2.13. The highest BCUT2D eigenvalue weighted by molar-refractivity contribution is 5.72. The molecule has 0 bridgehead atoms. The lowest BCUT2D eigenvalue weighted by molar-refractivity contribution is -1.00. The summed E-state index contributed by atoms with van der Waals surface area (Å²) in [7, 11) is 0. The van der Waals surface area contributed by atoms with Crippen molar-refractivity contribution in [2.45, 2.75) is 0 Å². The van der Waals surface area contributed by atoms with E-state index in [1.165, 1.54) is 23.8 Å². The van der Waals surface area contributed by atoms with Crippen LogP contribution in [-0.4, -0.2) is 0 Å². The molecule has 0 saturated carbocycles. The number of hydroxylamine groups is 3. The van der Waals surface area contributed by atoms with E-state index >= 15 is 0 Å². The van der Waals surface area contributed by atoms with E-state index in [0.29, 0.717) is 17.3 Å². The van der Waals surface area contributed by atoms with Gasteiger partial charge in [0.15, 0.2) is 17.7 Å². The predicted molar refractivity (Wildman–Crippen MR) is 53.3 cm³/mol. The van der Waals surface area contributed by atoms with Crippen LogP contribution in [0.15, 0.2) is 51.8 Å². The zero-order valence-electron chi connectivity index (χ0n) is 8.12. The summed E-state index contributed by atoms with van der Waals surface area (Å²) in [6.45, 7) is 0. The smallest absolute Gasteiger partial charge is 0.229 e. The summed E-state index contributed by atoms with van der Waals surface area (Å²) in [5, 5.41) is 12.1. The van der Waals surface area contributed by atoms with E-state index in [0.717, 1.165) is 0 Å². The van der Waals surface area contributed by atoms with Crippen molar-refractivity contribution in [1.82, 2.24) is 0 Å². The Morgan fingerprint density at radius 3 is 2.62 bits per heavy atom. The van der Waals surface area contributed by atoms with Crippen LogP contribution in [0.1, 0.15) is 5.76 Å². The SMILES string of the molecule is [O-][NH+]1C=C(c2ccco2)N(c2ccco2)O1. The third kappa shape index (κ3) is 1.41. The van der Waals surface area contributed by atoms with Crippen molar-refractivity contribution in [1.29, 1.82) is 0 Å². The molecule has 2 aromatic heterocycles. The molecule has 3 heterocycles. The second kappa shape index (κ2) is 3.53. The molecule has 1 N–H and O–H groups in total. The molecule has 0 amide bonds. The lowest BCUT2D eigenvalue weighted by Gasteiger charge is -2.14. The number of nitrogens with one attached hydrogen (secondary N) is 1. The van der Waals surface area contributed by atoms with Crippen LogP contribution >= 0.6 is 0 Å². The number of hydrogen-bond acceptors (Lipinski definition) is 5.